The molecule has 7 heteroatoms. The summed E-state index contributed by atoms with van der Waals surface area (Å²) in [6.07, 6.45) is 0.705. The minimum absolute atomic E-state index is 0.0890. The number of fused-ring (bicyclic) bond motifs is 1. The van der Waals surface area contributed by atoms with Crippen LogP contribution in [0.2, 0.25) is 0 Å². The average molecular weight is 412 g/mol. The molecule has 152 valence electrons. The van der Waals surface area contributed by atoms with E-state index in [0.717, 1.165) is 11.3 Å². The van der Waals surface area contributed by atoms with E-state index in [-0.39, 0.29) is 17.2 Å². The predicted octanol–water partition coefficient (Wildman–Crippen LogP) is 3.86. The Morgan fingerprint density at radius 2 is 1.93 bits per heavy atom. The zero-order chi connectivity index (χ0) is 20.6. The molecule has 1 heterocycles. The Morgan fingerprint density at radius 1 is 1.17 bits per heavy atom. The summed E-state index contributed by atoms with van der Waals surface area (Å²) in [6, 6.07) is 14.9. The van der Waals surface area contributed by atoms with E-state index in [4.69, 9.17) is 4.74 Å². The Balaban J connectivity index is 1.78. The molecule has 0 spiro atoms. The molecule has 0 aliphatic carbocycles. The molecule has 0 bridgehead atoms. The Kier molecular flexibility index (Phi) is 7.43. The molecule has 6 nitrogen and oxygen atoms in total. The third-order valence-corrected chi connectivity index (χ3v) is 5.43. The fourth-order valence-electron chi connectivity index (χ4n) is 2.95. The van der Waals surface area contributed by atoms with Crippen LogP contribution in [0.25, 0.3) is 10.9 Å². The van der Waals surface area contributed by atoms with E-state index >= 15 is 0 Å². The molecule has 0 fully saturated rings. The zero-order valence-corrected chi connectivity index (χ0v) is 17.5. The Morgan fingerprint density at radius 3 is 2.72 bits per heavy atom. The highest BCUT2D eigenvalue weighted by atomic mass is 32.2. The number of anilines is 1. The van der Waals surface area contributed by atoms with Crippen LogP contribution < -0.4 is 10.9 Å². The smallest absolute Gasteiger partial charge is 0.262 e. The SMILES string of the molecule is CCOCCCn1c(SCC(=O)Nc2ccccc2C)nc2ccccc2c1=O. The minimum Gasteiger partial charge on any atom is -0.382 e. The van der Waals surface area contributed by atoms with Gasteiger partial charge >= 0.3 is 0 Å². The van der Waals surface area contributed by atoms with Gasteiger partial charge in [0.2, 0.25) is 5.91 Å². The van der Waals surface area contributed by atoms with E-state index in [1.807, 2.05) is 56.3 Å². The number of nitrogens with zero attached hydrogens (tertiary/aromatic N) is 2. The highest BCUT2D eigenvalue weighted by Gasteiger charge is 2.13. The number of carbonyl (C=O) groups is 1. The minimum atomic E-state index is -0.132. The standard InChI is InChI=1S/C22H25N3O3S/c1-3-28-14-8-13-25-21(27)17-10-5-7-12-19(17)24-22(25)29-15-20(26)23-18-11-6-4-9-16(18)2/h4-7,9-12H,3,8,13-15H2,1-2H3,(H,23,26). The summed E-state index contributed by atoms with van der Waals surface area (Å²) in [5, 5.41) is 4.04. The summed E-state index contributed by atoms with van der Waals surface area (Å²) in [6.45, 7) is 5.61. The molecule has 1 aromatic heterocycles. The lowest BCUT2D eigenvalue weighted by Gasteiger charge is -2.13. The van der Waals surface area contributed by atoms with Crippen molar-refractivity contribution in [3.8, 4) is 0 Å². The molecule has 0 unspecified atom stereocenters. The van der Waals surface area contributed by atoms with E-state index in [2.05, 4.69) is 10.3 Å². The van der Waals surface area contributed by atoms with E-state index in [0.29, 0.717) is 42.2 Å². The maximum atomic E-state index is 13.0. The monoisotopic (exact) mass is 411 g/mol. The van der Waals surface area contributed by atoms with Crippen LogP contribution in [0.1, 0.15) is 18.9 Å². The number of thioether (sulfide) groups is 1. The normalized spacial score (nSPS) is 11.0. The maximum absolute atomic E-state index is 13.0. The molecular weight excluding hydrogens is 386 g/mol. The molecule has 1 N–H and O–H groups in total. The number of aromatic nitrogens is 2. The summed E-state index contributed by atoms with van der Waals surface area (Å²) in [5.74, 6) is 0.0393. The van der Waals surface area contributed by atoms with Gasteiger partial charge in [0.15, 0.2) is 5.16 Å². The summed E-state index contributed by atoms with van der Waals surface area (Å²) in [4.78, 5) is 30.0. The molecule has 0 aliphatic rings. The number of hydrogen-bond donors (Lipinski definition) is 1. The Bertz CT molecular complexity index is 1050. The third-order valence-electron chi connectivity index (χ3n) is 4.45. The number of benzene rings is 2. The van der Waals surface area contributed by atoms with Crippen molar-refractivity contribution in [2.24, 2.45) is 0 Å². The van der Waals surface area contributed by atoms with Crippen molar-refractivity contribution in [2.45, 2.75) is 32.0 Å². The van der Waals surface area contributed by atoms with Gasteiger partial charge in [0.05, 0.1) is 16.7 Å². The van der Waals surface area contributed by atoms with Gasteiger partial charge in [-0.2, -0.15) is 0 Å². The molecule has 0 radical (unpaired) electrons. The van der Waals surface area contributed by atoms with Crippen molar-refractivity contribution >= 4 is 34.3 Å². The quantitative estimate of drug-likeness (QED) is 0.329. The van der Waals surface area contributed by atoms with Crippen molar-refractivity contribution in [2.75, 3.05) is 24.3 Å². The Hall–Kier alpha value is -2.64. The van der Waals surface area contributed by atoms with Crippen molar-refractivity contribution < 1.29 is 9.53 Å². The first-order valence-corrected chi connectivity index (χ1v) is 10.6. The van der Waals surface area contributed by atoms with Crippen LogP contribution in [0.4, 0.5) is 5.69 Å². The number of amides is 1. The number of hydrogen-bond acceptors (Lipinski definition) is 5. The van der Waals surface area contributed by atoms with Crippen LogP contribution in [-0.4, -0.2) is 34.4 Å². The first-order valence-electron chi connectivity index (χ1n) is 9.65. The molecule has 0 saturated carbocycles. The predicted molar refractivity (Wildman–Crippen MR) is 118 cm³/mol. The summed E-state index contributed by atoms with van der Waals surface area (Å²) in [7, 11) is 0. The molecule has 0 aliphatic heterocycles. The summed E-state index contributed by atoms with van der Waals surface area (Å²) >= 11 is 1.27. The molecule has 0 saturated heterocycles. The lowest BCUT2D eigenvalue weighted by Crippen LogP contribution is -2.25. The van der Waals surface area contributed by atoms with Gasteiger partial charge in [0.25, 0.3) is 5.56 Å². The molecular formula is C22H25N3O3S. The molecule has 0 atom stereocenters. The van der Waals surface area contributed by atoms with Crippen molar-refractivity contribution in [3.63, 3.8) is 0 Å². The number of nitrogens with one attached hydrogen (secondary N) is 1. The second kappa shape index (κ2) is 10.2. The van der Waals surface area contributed by atoms with Gasteiger partial charge < -0.3 is 10.1 Å². The third kappa shape index (κ3) is 5.46. The van der Waals surface area contributed by atoms with Gasteiger partial charge in [-0.1, -0.05) is 42.1 Å². The van der Waals surface area contributed by atoms with E-state index < -0.39 is 0 Å². The van der Waals surface area contributed by atoms with Crippen molar-refractivity contribution in [3.05, 3.63) is 64.4 Å². The summed E-state index contributed by atoms with van der Waals surface area (Å²) < 4.78 is 7.04. The van der Waals surface area contributed by atoms with Gasteiger partial charge in [-0.15, -0.1) is 0 Å². The number of para-hydroxylation sites is 2. The second-order valence-corrected chi connectivity index (χ2v) is 7.51. The molecule has 3 rings (SSSR count). The van der Waals surface area contributed by atoms with Crippen LogP contribution in [0.3, 0.4) is 0 Å². The van der Waals surface area contributed by atoms with Gasteiger partial charge in [-0.3, -0.25) is 14.2 Å². The number of carbonyl (C=O) groups excluding carboxylic acids is 1. The molecule has 29 heavy (non-hydrogen) atoms. The van der Waals surface area contributed by atoms with Crippen LogP contribution in [0, 0.1) is 6.92 Å². The highest BCUT2D eigenvalue weighted by molar-refractivity contribution is 7.99. The lowest BCUT2D eigenvalue weighted by atomic mass is 10.2. The fourth-order valence-corrected chi connectivity index (χ4v) is 3.78. The lowest BCUT2D eigenvalue weighted by molar-refractivity contribution is -0.113. The van der Waals surface area contributed by atoms with Crippen LogP contribution in [-0.2, 0) is 16.1 Å². The van der Waals surface area contributed by atoms with Crippen LogP contribution >= 0.6 is 11.8 Å². The van der Waals surface area contributed by atoms with Crippen molar-refractivity contribution in [1.82, 2.24) is 9.55 Å². The number of ether oxygens (including phenoxy) is 1. The van der Waals surface area contributed by atoms with Gasteiger partial charge in [0, 0.05) is 25.4 Å². The van der Waals surface area contributed by atoms with Gasteiger partial charge in [-0.05, 0) is 44.0 Å². The number of aryl methyl sites for hydroxylation is 1. The first-order chi connectivity index (χ1) is 14.1. The zero-order valence-electron chi connectivity index (χ0n) is 16.7. The highest BCUT2D eigenvalue weighted by Crippen LogP contribution is 2.19. The largest absolute Gasteiger partial charge is 0.382 e. The molecule has 2 aromatic carbocycles. The van der Waals surface area contributed by atoms with E-state index in [1.54, 1.807) is 10.6 Å². The van der Waals surface area contributed by atoms with Crippen molar-refractivity contribution in [1.29, 1.82) is 0 Å². The topological polar surface area (TPSA) is 73.2 Å². The van der Waals surface area contributed by atoms with Crippen LogP contribution in [0.5, 0.6) is 0 Å². The van der Waals surface area contributed by atoms with Crippen LogP contribution in [0.15, 0.2) is 58.5 Å². The first kappa shape index (κ1) is 21.1. The van der Waals surface area contributed by atoms with E-state index in [1.165, 1.54) is 11.8 Å². The fraction of sp³-hybridized carbons (Fsp3) is 0.318. The van der Waals surface area contributed by atoms with Gasteiger partial charge in [-0.25, -0.2) is 4.98 Å². The van der Waals surface area contributed by atoms with E-state index in [9.17, 15) is 9.59 Å². The van der Waals surface area contributed by atoms with Gasteiger partial charge in [0.1, 0.15) is 0 Å². The maximum Gasteiger partial charge on any atom is 0.262 e. The summed E-state index contributed by atoms with van der Waals surface area (Å²) in [5.41, 5.74) is 2.34. The molecule has 3 aromatic rings. The average Bonchev–Trinajstić information content (AvgIpc) is 2.73. The number of rotatable bonds is 9. The Labute approximate surface area is 174 Å². The molecule has 1 amide bonds. The second-order valence-electron chi connectivity index (χ2n) is 6.57.